The molecule has 0 spiro atoms. The lowest BCUT2D eigenvalue weighted by Gasteiger charge is -2.15. The Morgan fingerprint density at radius 2 is 2.07 bits per heavy atom. The van der Waals surface area contributed by atoms with E-state index in [-0.39, 0.29) is 17.8 Å². The zero-order valence-electron chi connectivity index (χ0n) is 8.28. The van der Waals surface area contributed by atoms with E-state index in [1.807, 2.05) is 19.2 Å². The van der Waals surface area contributed by atoms with E-state index < -0.39 is 0 Å². The number of rotatable bonds is 1. The van der Waals surface area contributed by atoms with E-state index in [2.05, 4.69) is 4.90 Å². The second kappa shape index (κ2) is 3.67. The zero-order chi connectivity index (χ0) is 10.1. The van der Waals surface area contributed by atoms with Crippen molar-refractivity contribution in [1.29, 1.82) is 0 Å². The predicted molar refractivity (Wildman–Crippen MR) is 54.6 cm³/mol. The van der Waals surface area contributed by atoms with Gasteiger partial charge < -0.3 is 10.6 Å². The Labute approximate surface area is 83.5 Å². The molecule has 1 fully saturated rings. The molecular formula is C11H15FN2. The van der Waals surface area contributed by atoms with Gasteiger partial charge in [0.2, 0.25) is 0 Å². The lowest BCUT2D eigenvalue weighted by Crippen LogP contribution is -2.28. The molecule has 0 saturated carbocycles. The van der Waals surface area contributed by atoms with Gasteiger partial charge in [-0.3, -0.25) is 0 Å². The lowest BCUT2D eigenvalue weighted by atomic mass is 9.94. The molecule has 1 saturated heterocycles. The van der Waals surface area contributed by atoms with E-state index in [0.717, 1.165) is 18.7 Å². The normalized spacial score (nSPS) is 28.2. The molecule has 2 rings (SSSR count). The molecule has 0 amide bonds. The topological polar surface area (TPSA) is 29.3 Å². The third-order valence-electron chi connectivity index (χ3n) is 2.85. The molecule has 76 valence electrons. The maximum absolute atomic E-state index is 13.5. The third kappa shape index (κ3) is 1.65. The lowest BCUT2D eigenvalue weighted by molar-refractivity contribution is 0.406. The van der Waals surface area contributed by atoms with Gasteiger partial charge in [-0.15, -0.1) is 0 Å². The molecule has 0 unspecified atom stereocenters. The van der Waals surface area contributed by atoms with Crippen LogP contribution in [0.4, 0.5) is 4.39 Å². The number of hydrogen-bond acceptors (Lipinski definition) is 2. The van der Waals surface area contributed by atoms with Crippen LogP contribution in [0, 0.1) is 5.82 Å². The van der Waals surface area contributed by atoms with Crippen molar-refractivity contribution in [3.63, 3.8) is 0 Å². The van der Waals surface area contributed by atoms with Gasteiger partial charge in [0.1, 0.15) is 5.82 Å². The Balaban J connectivity index is 2.27. The monoisotopic (exact) mass is 194 g/mol. The Kier molecular flexibility index (Phi) is 2.52. The molecule has 2 atom stereocenters. The van der Waals surface area contributed by atoms with E-state index >= 15 is 0 Å². The standard InChI is InChI=1S/C11H15FN2/c1-14-6-9(11(13)7-14)8-4-2-3-5-10(8)12/h2-5,9,11H,6-7,13H2,1H3/t9-,11+/m1/s1. The average Bonchev–Trinajstić information content (AvgIpc) is 2.46. The summed E-state index contributed by atoms with van der Waals surface area (Å²) < 4.78 is 13.5. The molecule has 2 N–H and O–H groups in total. The molecule has 0 bridgehead atoms. The first-order valence-electron chi connectivity index (χ1n) is 4.87. The van der Waals surface area contributed by atoms with Crippen LogP contribution in [0.2, 0.25) is 0 Å². The first kappa shape index (κ1) is 9.62. The second-order valence-electron chi connectivity index (χ2n) is 4.01. The molecule has 0 aromatic heterocycles. The van der Waals surface area contributed by atoms with Crippen molar-refractivity contribution < 1.29 is 4.39 Å². The van der Waals surface area contributed by atoms with Crippen molar-refractivity contribution in [2.24, 2.45) is 5.73 Å². The van der Waals surface area contributed by atoms with Crippen LogP contribution < -0.4 is 5.73 Å². The fourth-order valence-corrected chi connectivity index (χ4v) is 2.14. The molecule has 0 radical (unpaired) electrons. The van der Waals surface area contributed by atoms with Gasteiger partial charge in [-0.2, -0.15) is 0 Å². The van der Waals surface area contributed by atoms with E-state index in [0.29, 0.717) is 0 Å². The smallest absolute Gasteiger partial charge is 0.126 e. The van der Waals surface area contributed by atoms with Crippen LogP contribution in [0.15, 0.2) is 24.3 Å². The van der Waals surface area contributed by atoms with Crippen LogP contribution in [0.3, 0.4) is 0 Å². The van der Waals surface area contributed by atoms with Crippen molar-refractivity contribution in [3.05, 3.63) is 35.6 Å². The number of likely N-dealkylation sites (tertiary alicyclic amines) is 1. The molecule has 1 aromatic rings. The predicted octanol–water partition coefficient (Wildman–Crippen LogP) is 1.18. The number of hydrogen-bond donors (Lipinski definition) is 1. The second-order valence-corrected chi connectivity index (χ2v) is 4.01. The largest absolute Gasteiger partial charge is 0.326 e. The SMILES string of the molecule is CN1C[C@H](c2ccccc2F)[C@@H](N)C1. The fourth-order valence-electron chi connectivity index (χ4n) is 2.14. The summed E-state index contributed by atoms with van der Waals surface area (Å²) in [6.45, 7) is 1.70. The highest BCUT2D eigenvalue weighted by molar-refractivity contribution is 5.25. The van der Waals surface area contributed by atoms with Crippen molar-refractivity contribution in [1.82, 2.24) is 4.90 Å². The van der Waals surface area contributed by atoms with Gasteiger partial charge in [0.25, 0.3) is 0 Å². The molecular weight excluding hydrogens is 179 g/mol. The number of likely N-dealkylation sites (N-methyl/N-ethyl adjacent to an activating group) is 1. The van der Waals surface area contributed by atoms with E-state index in [4.69, 9.17) is 5.73 Å². The van der Waals surface area contributed by atoms with Crippen molar-refractivity contribution >= 4 is 0 Å². The van der Waals surface area contributed by atoms with Gasteiger partial charge >= 0.3 is 0 Å². The van der Waals surface area contributed by atoms with Gasteiger partial charge in [0.05, 0.1) is 0 Å². The number of nitrogens with two attached hydrogens (primary N) is 1. The van der Waals surface area contributed by atoms with Gasteiger partial charge in [-0.25, -0.2) is 4.39 Å². The van der Waals surface area contributed by atoms with Crippen molar-refractivity contribution in [2.45, 2.75) is 12.0 Å². The summed E-state index contributed by atoms with van der Waals surface area (Å²) >= 11 is 0. The highest BCUT2D eigenvalue weighted by Crippen LogP contribution is 2.27. The zero-order valence-corrected chi connectivity index (χ0v) is 8.28. The minimum atomic E-state index is -0.136. The molecule has 14 heavy (non-hydrogen) atoms. The van der Waals surface area contributed by atoms with Crippen LogP contribution in [0.1, 0.15) is 11.5 Å². The van der Waals surface area contributed by atoms with E-state index in [9.17, 15) is 4.39 Å². The fraction of sp³-hybridized carbons (Fsp3) is 0.455. The average molecular weight is 194 g/mol. The maximum Gasteiger partial charge on any atom is 0.126 e. The molecule has 3 heteroatoms. The highest BCUT2D eigenvalue weighted by Gasteiger charge is 2.30. The van der Waals surface area contributed by atoms with Gasteiger partial charge in [-0.1, -0.05) is 18.2 Å². The van der Waals surface area contributed by atoms with Crippen LogP contribution >= 0.6 is 0 Å². The Morgan fingerprint density at radius 1 is 1.36 bits per heavy atom. The minimum absolute atomic E-state index is 0.0527. The van der Waals surface area contributed by atoms with E-state index in [1.54, 1.807) is 6.07 Å². The molecule has 1 aliphatic heterocycles. The summed E-state index contributed by atoms with van der Waals surface area (Å²) in [5, 5.41) is 0. The van der Waals surface area contributed by atoms with Crippen molar-refractivity contribution in [2.75, 3.05) is 20.1 Å². The van der Waals surface area contributed by atoms with Crippen LogP contribution in [0.5, 0.6) is 0 Å². The summed E-state index contributed by atoms with van der Waals surface area (Å²) in [4.78, 5) is 2.14. The first-order valence-corrected chi connectivity index (χ1v) is 4.87. The molecule has 1 aromatic carbocycles. The molecule has 1 heterocycles. The van der Waals surface area contributed by atoms with Crippen LogP contribution in [0.25, 0.3) is 0 Å². The summed E-state index contributed by atoms with van der Waals surface area (Å²) in [5.41, 5.74) is 6.72. The van der Waals surface area contributed by atoms with Crippen LogP contribution in [-0.4, -0.2) is 31.1 Å². The van der Waals surface area contributed by atoms with Crippen molar-refractivity contribution in [3.8, 4) is 0 Å². The van der Waals surface area contributed by atoms with E-state index in [1.165, 1.54) is 6.07 Å². The third-order valence-corrected chi connectivity index (χ3v) is 2.85. The number of benzene rings is 1. The Morgan fingerprint density at radius 3 is 2.64 bits per heavy atom. The van der Waals surface area contributed by atoms with Gasteiger partial charge in [0.15, 0.2) is 0 Å². The summed E-state index contributed by atoms with van der Waals surface area (Å²) in [6.07, 6.45) is 0. The van der Waals surface area contributed by atoms with Gasteiger partial charge in [0, 0.05) is 25.0 Å². The Hall–Kier alpha value is -0.930. The van der Waals surface area contributed by atoms with Gasteiger partial charge in [-0.05, 0) is 18.7 Å². The first-order chi connectivity index (χ1) is 6.68. The minimum Gasteiger partial charge on any atom is -0.326 e. The maximum atomic E-state index is 13.5. The summed E-state index contributed by atoms with van der Waals surface area (Å²) in [7, 11) is 2.01. The summed E-state index contributed by atoms with van der Waals surface area (Å²) in [6, 6.07) is 6.96. The van der Waals surface area contributed by atoms with Crippen LogP contribution in [-0.2, 0) is 0 Å². The number of halogens is 1. The quantitative estimate of drug-likeness (QED) is 0.727. The molecule has 1 aliphatic rings. The Bertz CT molecular complexity index is 327. The molecule has 0 aliphatic carbocycles. The highest BCUT2D eigenvalue weighted by atomic mass is 19.1. The molecule has 2 nitrogen and oxygen atoms in total. The number of nitrogens with zero attached hydrogens (tertiary/aromatic N) is 1. The summed E-state index contributed by atoms with van der Waals surface area (Å²) in [5.74, 6) is 0.00412.